The lowest BCUT2D eigenvalue weighted by Crippen LogP contribution is -2.22. The van der Waals surface area contributed by atoms with Crippen LogP contribution in [0.1, 0.15) is 6.42 Å². The average Bonchev–Trinajstić information content (AvgIpc) is 2.15. The van der Waals surface area contributed by atoms with Gasteiger partial charge in [0, 0.05) is 12.1 Å². The Labute approximate surface area is 53.0 Å². The van der Waals surface area contributed by atoms with E-state index in [-0.39, 0.29) is 5.91 Å². The molecule has 3 nitrogen and oxygen atoms in total. The fraction of sp³-hybridized carbons (Fsp3) is 0.333. The summed E-state index contributed by atoms with van der Waals surface area (Å²) in [5.41, 5.74) is 0.530. The predicted molar refractivity (Wildman–Crippen MR) is 31.5 cm³/mol. The van der Waals surface area contributed by atoms with E-state index in [9.17, 15) is 9.59 Å². The van der Waals surface area contributed by atoms with Crippen LogP contribution < -0.4 is 0 Å². The number of carbonyl (C=O) groups excluding carboxylic acids is 2. The molecule has 0 aromatic carbocycles. The van der Waals surface area contributed by atoms with Crippen LogP contribution in [-0.4, -0.2) is 23.8 Å². The molecule has 0 bridgehead atoms. The van der Waals surface area contributed by atoms with E-state index in [1.54, 1.807) is 0 Å². The number of amides is 2. The normalized spacial score (nSPS) is 18.9. The van der Waals surface area contributed by atoms with Gasteiger partial charge in [0.25, 0.3) is 5.91 Å². The minimum Gasteiger partial charge on any atom is -0.281 e. The molecule has 1 saturated heterocycles. The van der Waals surface area contributed by atoms with Crippen molar-refractivity contribution in [3.63, 3.8) is 0 Å². The fourth-order valence-corrected chi connectivity index (χ4v) is 0.768. The van der Waals surface area contributed by atoms with Crippen LogP contribution in [0.4, 0.5) is 0 Å². The Morgan fingerprint density at radius 1 is 1.67 bits per heavy atom. The lowest BCUT2D eigenvalue weighted by Gasteiger charge is -2.01. The molecule has 1 aliphatic rings. The molecule has 9 heavy (non-hydrogen) atoms. The quantitative estimate of drug-likeness (QED) is 0.363. The van der Waals surface area contributed by atoms with Crippen LogP contribution >= 0.6 is 0 Å². The molecule has 0 radical (unpaired) electrons. The first-order valence-electron chi connectivity index (χ1n) is 2.69. The van der Waals surface area contributed by atoms with Crippen molar-refractivity contribution in [2.45, 2.75) is 6.42 Å². The number of hydrogen-bond donors (Lipinski definition) is 0. The largest absolute Gasteiger partial charge is 0.281 e. The summed E-state index contributed by atoms with van der Waals surface area (Å²) >= 11 is 0. The third kappa shape index (κ3) is 0.850. The van der Waals surface area contributed by atoms with Gasteiger partial charge in [0.05, 0.1) is 0 Å². The van der Waals surface area contributed by atoms with Gasteiger partial charge in [0.1, 0.15) is 0 Å². The second-order valence-corrected chi connectivity index (χ2v) is 1.96. The van der Waals surface area contributed by atoms with Crippen molar-refractivity contribution >= 4 is 12.3 Å². The zero-order chi connectivity index (χ0) is 6.85. The zero-order valence-corrected chi connectivity index (χ0v) is 4.96. The molecule has 0 spiro atoms. The SMILES string of the molecule is C=C1CCN(C=O)C1=O. The molecule has 2 amide bonds. The van der Waals surface area contributed by atoms with Crippen molar-refractivity contribution in [2.75, 3.05) is 6.54 Å². The Balaban J connectivity index is 2.73. The molecule has 0 saturated carbocycles. The molecule has 0 N–H and O–H groups in total. The molecular formula is C6H7NO2. The third-order valence-electron chi connectivity index (χ3n) is 1.35. The molecule has 1 heterocycles. The number of imide groups is 1. The smallest absolute Gasteiger partial charge is 0.255 e. The minimum atomic E-state index is -0.231. The van der Waals surface area contributed by atoms with Gasteiger partial charge in [0.2, 0.25) is 6.41 Å². The van der Waals surface area contributed by atoms with Crippen molar-refractivity contribution in [1.82, 2.24) is 4.90 Å². The Morgan fingerprint density at radius 2 is 2.33 bits per heavy atom. The first kappa shape index (κ1) is 6.01. The standard InChI is InChI=1S/C6H7NO2/c1-5-2-3-7(4-8)6(5)9/h4H,1-3H2. The van der Waals surface area contributed by atoms with E-state index in [0.29, 0.717) is 24.9 Å². The molecule has 0 aromatic rings. The van der Waals surface area contributed by atoms with Crippen LogP contribution in [0, 0.1) is 0 Å². The second-order valence-electron chi connectivity index (χ2n) is 1.96. The van der Waals surface area contributed by atoms with Crippen LogP contribution in [0.15, 0.2) is 12.2 Å². The van der Waals surface area contributed by atoms with E-state index in [1.165, 1.54) is 0 Å². The summed E-state index contributed by atoms with van der Waals surface area (Å²) in [4.78, 5) is 21.9. The van der Waals surface area contributed by atoms with Crippen LogP contribution in [0.25, 0.3) is 0 Å². The molecule has 48 valence electrons. The highest BCUT2D eigenvalue weighted by Gasteiger charge is 2.22. The van der Waals surface area contributed by atoms with E-state index in [2.05, 4.69) is 6.58 Å². The maximum Gasteiger partial charge on any atom is 0.255 e. The maximum absolute atomic E-state index is 10.7. The van der Waals surface area contributed by atoms with Crippen molar-refractivity contribution in [1.29, 1.82) is 0 Å². The molecule has 0 aliphatic carbocycles. The lowest BCUT2D eigenvalue weighted by atomic mass is 10.3. The van der Waals surface area contributed by atoms with Gasteiger partial charge in [-0.25, -0.2) is 0 Å². The molecule has 0 atom stereocenters. The van der Waals surface area contributed by atoms with Crippen LogP contribution in [-0.2, 0) is 9.59 Å². The van der Waals surface area contributed by atoms with Gasteiger partial charge in [-0.15, -0.1) is 0 Å². The third-order valence-corrected chi connectivity index (χ3v) is 1.35. The van der Waals surface area contributed by atoms with Gasteiger partial charge in [-0.3, -0.25) is 14.5 Å². The number of hydrogen-bond acceptors (Lipinski definition) is 2. The topological polar surface area (TPSA) is 37.4 Å². The Morgan fingerprint density at radius 3 is 2.56 bits per heavy atom. The number of nitrogens with zero attached hydrogens (tertiary/aromatic N) is 1. The van der Waals surface area contributed by atoms with Crippen molar-refractivity contribution in [3.8, 4) is 0 Å². The summed E-state index contributed by atoms with van der Waals surface area (Å²) in [6, 6.07) is 0. The monoisotopic (exact) mass is 125 g/mol. The van der Waals surface area contributed by atoms with E-state index < -0.39 is 0 Å². The summed E-state index contributed by atoms with van der Waals surface area (Å²) in [7, 11) is 0. The van der Waals surface area contributed by atoms with Crippen molar-refractivity contribution in [3.05, 3.63) is 12.2 Å². The van der Waals surface area contributed by atoms with E-state index >= 15 is 0 Å². The zero-order valence-electron chi connectivity index (χ0n) is 4.96. The summed E-state index contributed by atoms with van der Waals surface area (Å²) in [5, 5.41) is 0. The minimum absolute atomic E-state index is 0.231. The Bertz CT molecular complexity index is 174. The Hall–Kier alpha value is -1.12. The fourth-order valence-electron chi connectivity index (χ4n) is 0.768. The molecular weight excluding hydrogens is 118 g/mol. The number of rotatable bonds is 1. The summed E-state index contributed by atoms with van der Waals surface area (Å²) < 4.78 is 0. The van der Waals surface area contributed by atoms with Gasteiger partial charge in [-0.1, -0.05) is 6.58 Å². The number of likely N-dealkylation sites (tertiary alicyclic amines) is 1. The highest BCUT2D eigenvalue weighted by Crippen LogP contribution is 2.11. The first-order chi connectivity index (χ1) is 4.25. The highest BCUT2D eigenvalue weighted by molar-refractivity contribution is 6.00. The van der Waals surface area contributed by atoms with Gasteiger partial charge in [0.15, 0.2) is 0 Å². The second kappa shape index (κ2) is 2.01. The predicted octanol–water partition coefficient (Wildman–Crippen LogP) is -0.0687. The van der Waals surface area contributed by atoms with Crippen molar-refractivity contribution < 1.29 is 9.59 Å². The molecule has 1 rings (SSSR count). The van der Waals surface area contributed by atoms with E-state index in [1.807, 2.05) is 0 Å². The van der Waals surface area contributed by atoms with Crippen LogP contribution in [0.5, 0.6) is 0 Å². The molecule has 0 aromatic heterocycles. The van der Waals surface area contributed by atoms with E-state index in [0.717, 1.165) is 4.90 Å². The number of carbonyl (C=O) groups is 2. The maximum atomic E-state index is 10.7. The molecule has 0 unspecified atom stereocenters. The summed E-state index contributed by atoms with van der Waals surface area (Å²) in [6.45, 7) is 3.98. The Kier molecular flexibility index (Phi) is 1.34. The van der Waals surface area contributed by atoms with Crippen LogP contribution in [0.2, 0.25) is 0 Å². The van der Waals surface area contributed by atoms with E-state index in [4.69, 9.17) is 0 Å². The lowest BCUT2D eigenvalue weighted by molar-refractivity contribution is -0.132. The first-order valence-corrected chi connectivity index (χ1v) is 2.69. The molecule has 1 aliphatic heterocycles. The molecule has 3 heteroatoms. The van der Waals surface area contributed by atoms with Gasteiger partial charge in [-0.05, 0) is 6.42 Å². The molecule has 1 fully saturated rings. The van der Waals surface area contributed by atoms with Gasteiger partial charge >= 0.3 is 0 Å². The van der Waals surface area contributed by atoms with Gasteiger partial charge < -0.3 is 0 Å². The highest BCUT2D eigenvalue weighted by atomic mass is 16.2. The van der Waals surface area contributed by atoms with Gasteiger partial charge in [-0.2, -0.15) is 0 Å². The summed E-state index contributed by atoms with van der Waals surface area (Å²) in [5.74, 6) is -0.231. The summed E-state index contributed by atoms with van der Waals surface area (Å²) in [6.07, 6.45) is 1.16. The average molecular weight is 125 g/mol. The van der Waals surface area contributed by atoms with Crippen LogP contribution in [0.3, 0.4) is 0 Å². The van der Waals surface area contributed by atoms with Crippen molar-refractivity contribution in [2.24, 2.45) is 0 Å².